The van der Waals surface area contributed by atoms with E-state index in [0.29, 0.717) is 22.6 Å². The fraction of sp³-hybridized carbons (Fsp3) is 0.136. The van der Waals surface area contributed by atoms with Crippen molar-refractivity contribution < 1.29 is 17.6 Å². The SMILES string of the molecule is Fc1ccc(CNC2=N[C@@H](c3ccccc3F)[C@@H](c3ccccc3F)N2)cc1F. The summed E-state index contributed by atoms with van der Waals surface area (Å²) in [5.41, 5.74) is 1.19. The molecule has 148 valence electrons. The molecule has 0 amide bonds. The molecule has 0 radical (unpaired) electrons. The minimum atomic E-state index is -0.945. The maximum atomic E-state index is 14.4. The highest BCUT2D eigenvalue weighted by atomic mass is 19.2. The number of hydrogen-bond donors (Lipinski definition) is 2. The molecule has 1 aliphatic heterocycles. The van der Waals surface area contributed by atoms with E-state index in [2.05, 4.69) is 15.6 Å². The Morgan fingerprint density at radius 1 is 0.759 bits per heavy atom. The smallest absolute Gasteiger partial charge is 0.192 e. The molecule has 2 N–H and O–H groups in total. The third-order valence-electron chi connectivity index (χ3n) is 4.78. The summed E-state index contributed by atoms with van der Waals surface area (Å²) in [4.78, 5) is 4.49. The third kappa shape index (κ3) is 3.94. The highest BCUT2D eigenvalue weighted by molar-refractivity contribution is 5.82. The molecule has 3 aromatic rings. The van der Waals surface area contributed by atoms with E-state index in [1.807, 2.05) is 0 Å². The number of guanidine groups is 1. The highest BCUT2D eigenvalue weighted by Crippen LogP contribution is 2.37. The summed E-state index contributed by atoms with van der Waals surface area (Å²) in [6.45, 7) is 0.164. The molecule has 1 aliphatic rings. The van der Waals surface area contributed by atoms with Crippen LogP contribution in [0.2, 0.25) is 0 Å². The van der Waals surface area contributed by atoms with E-state index < -0.39 is 35.4 Å². The molecule has 1 heterocycles. The van der Waals surface area contributed by atoms with Gasteiger partial charge in [-0.15, -0.1) is 0 Å². The number of nitrogens with zero attached hydrogens (tertiary/aromatic N) is 1. The van der Waals surface area contributed by atoms with Gasteiger partial charge >= 0.3 is 0 Å². The Balaban J connectivity index is 1.61. The maximum Gasteiger partial charge on any atom is 0.192 e. The van der Waals surface area contributed by atoms with Crippen LogP contribution in [0.4, 0.5) is 17.6 Å². The van der Waals surface area contributed by atoms with Gasteiger partial charge in [0, 0.05) is 17.7 Å². The Morgan fingerprint density at radius 3 is 2.07 bits per heavy atom. The largest absolute Gasteiger partial charge is 0.352 e. The summed E-state index contributed by atoms with van der Waals surface area (Å²) in [6, 6.07) is 14.7. The zero-order valence-corrected chi connectivity index (χ0v) is 15.2. The van der Waals surface area contributed by atoms with Crippen LogP contribution in [0.5, 0.6) is 0 Å². The van der Waals surface area contributed by atoms with E-state index in [9.17, 15) is 17.6 Å². The van der Waals surface area contributed by atoms with E-state index in [4.69, 9.17) is 0 Å². The van der Waals surface area contributed by atoms with Crippen LogP contribution in [0.25, 0.3) is 0 Å². The lowest BCUT2D eigenvalue weighted by Gasteiger charge is -2.20. The van der Waals surface area contributed by atoms with Crippen LogP contribution in [0, 0.1) is 23.3 Å². The molecule has 0 fully saturated rings. The van der Waals surface area contributed by atoms with Gasteiger partial charge in [0.1, 0.15) is 17.7 Å². The Morgan fingerprint density at radius 2 is 1.41 bits per heavy atom. The van der Waals surface area contributed by atoms with Gasteiger partial charge in [-0.1, -0.05) is 42.5 Å². The van der Waals surface area contributed by atoms with Crippen molar-refractivity contribution in [2.24, 2.45) is 4.99 Å². The quantitative estimate of drug-likeness (QED) is 0.620. The topological polar surface area (TPSA) is 36.4 Å². The highest BCUT2D eigenvalue weighted by Gasteiger charge is 2.34. The molecule has 0 unspecified atom stereocenters. The number of rotatable bonds is 4. The summed E-state index contributed by atoms with van der Waals surface area (Å²) >= 11 is 0. The van der Waals surface area contributed by atoms with E-state index >= 15 is 0 Å². The second kappa shape index (κ2) is 7.95. The molecule has 0 saturated carbocycles. The minimum absolute atomic E-state index is 0.164. The van der Waals surface area contributed by atoms with E-state index in [1.54, 1.807) is 36.4 Å². The van der Waals surface area contributed by atoms with Crippen molar-refractivity contribution in [1.82, 2.24) is 10.6 Å². The molecule has 3 nitrogen and oxygen atoms in total. The van der Waals surface area contributed by atoms with Gasteiger partial charge in [0.25, 0.3) is 0 Å². The van der Waals surface area contributed by atoms with Crippen LogP contribution in [0.15, 0.2) is 71.7 Å². The van der Waals surface area contributed by atoms with E-state index in [1.165, 1.54) is 18.2 Å². The second-order valence-electron chi connectivity index (χ2n) is 6.69. The van der Waals surface area contributed by atoms with Crippen molar-refractivity contribution in [1.29, 1.82) is 0 Å². The van der Waals surface area contributed by atoms with Gasteiger partial charge in [-0.05, 0) is 29.8 Å². The number of nitrogens with one attached hydrogen (secondary N) is 2. The predicted octanol–water partition coefficient (Wildman–Crippen LogP) is 4.77. The summed E-state index contributed by atoms with van der Waals surface area (Å²) in [5, 5.41) is 6.07. The van der Waals surface area contributed by atoms with Crippen LogP contribution in [-0.4, -0.2) is 5.96 Å². The lowest BCUT2D eigenvalue weighted by molar-refractivity contribution is 0.501. The molecule has 0 saturated heterocycles. The zero-order valence-electron chi connectivity index (χ0n) is 15.2. The van der Waals surface area contributed by atoms with Crippen molar-refractivity contribution >= 4 is 5.96 Å². The van der Waals surface area contributed by atoms with Crippen molar-refractivity contribution in [2.75, 3.05) is 0 Å². The fourth-order valence-electron chi connectivity index (χ4n) is 3.35. The number of hydrogen-bond acceptors (Lipinski definition) is 3. The van der Waals surface area contributed by atoms with E-state index in [0.717, 1.165) is 12.1 Å². The van der Waals surface area contributed by atoms with Gasteiger partial charge in [0.15, 0.2) is 17.6 Å². The second-order valence-corrected chi connectivity index (χ2v) is 6.69. The average Bonchev–Trinajstić information content (AvgIpc) is 3.13. The molecular formula is C22H17F4N3. The summed E-state index contributed by atoms with van der Waals surface area (Å²) in [5.74, 6) is -2.42. The predicted molar refractivity (Wildman–Crippen MR) is 102 cm³/mol. The van der Waals surface area contributed by atoms with Gasteiger partial charge in [-0.3, -0.25) is 0 Å². The Bertz CT molecular complexity index is 1070. The normalized spacial score (nSPS) is 18.3. The Hall–Kier alpha value is -3.35. The monoisotopic (exact) mass is 399 g/mol. The molecule has 4 rings (SSSR count). The Kier molecular flexibility index (Phi) is 5.20. The summed E-state index contributed by atoms with van der Waals surface area (Å²) in [7, 11) is 0. The molecular weight excluding hydrogens is 382 g/mol. The van der Waals surface area contributed by atoms with Crippen molar-refractivity contribution in [3.05, 3.63) is 107 Å². The molecule has 7 heteroatoms. The summed E-state index contributed by atoms with van der Waals surface area (Å²) in [6.07, 6.45) is 0. The van der Waals surface area contributed by atoms with Gasteiger partial charge < -0.3 is 10.6 Å². The first-order chi connectivity index (χ1) is 14.0. The van der Waals surface area contributed by atoms with Crippen LogP contribution < -0.4 is 10.6 Å². The summed E-state index contributed by atoms with van der Waals surface area (Å²) < 4.78 is 55.3. The number of aliphatic imine (C=N–C) groups is 1. The molecule has 0 aromatic heterocycles. The lowest BCUT2D eigenvalue weighted by Crippen LogP contribution is -2.35. The van der Waals surface area contributed by atoms with Crippen LogP contribution >= 0.6 is 0 Å². The molecule has 0 aliphatic carbocycles. The minimum Gasteiger partial charge on any atom is -0.352 e. The van der Waals surface area contributed by atoms with E-state index in [-0.39, 0.29) is 6.54 Å². The fourth-order valence-corrected chi connectivity index (χ4v) is 3.35. The van der Waals surface area contributed by atoms with Crippen LogP contribution in [0.1, 0.15) is 28.8 Å². The lowest BCUT2D eigenvalue weighted by atomic mass is 9.94. The van der Waals surface area contributed by atoms with Crippen molar-refractivity contribution in [3.8, 4) is 0 Å². The molecule has 0 spiro atoms. The first kappa shape index (κ1) is 19.0. The first-order valence-corrected chi connectivity index (χ1v) is 9.04. The van der Waals surface area contributed by atoms with Gasteiger partial charge in [0.05, 0.1) is 6.04 Å². The third-order valence-corrected chi connectivity index (χ3v) is 4.78. The molecule has 2 atom stereocenters. The van der Waals surface area contributed by atoms with Gasteiger partial charge in [0.2, 0.25) is 0 Å². The van der Waals surface area contributed by atoms with Crippen molar-refractivity contribution in [2.45, 2.75) is 18.6 Å². The van der Waals surface area contributed by atoms with Crippen LogP contribution in [-0.2, 0) is 6.54 Å². The zero-order chi connectivity index (χ0) is 20.4. The molecule has 0 bridgehead atoms. The molecule has 3 aromatic carbocycles. The number of benzene rings is 3. The first-order valence-electron chi connectivity index (χ1n) is 9.04. The van der Waals surface area contributed by atoms with Gasteiger partial charge in [-0.2, -0.15) is 0 Å². The Labute approximate surface area is 165 Å². The maximum absolute atomic E-state index is 14.4. The van der Waals surface area contributed by atoms with Crippen LogP contribution in [0.3, 0.4) is 0 Å². The van der Waals surface area contributed by atoms with Crippen molar-refractivity contribution in [3.63, 3.8) is 0 Å². The molecule has 29 heavy (non-hydrogen) atoms. The van der Waals surface area contributed by atoms with Gasteiger partial charge in [-0.25, -0.2) is 22.6 Å². The standard InChI is InChI=1S/C22H17F4N3/c23-16-7-3-1-5-14(16)20-21(15-6-2-4-8-17(15)24)29-22(28-20)27-12-13-9-10-18(25)19(26)11-13/h1-11,20-21H,12H2,(H2,27,28,29)/t20-,21+. The number of halogens is 4. The average molecular weight is 399 g/mol.